The zero-order valence-corrected chi connectivity index (χ0v) is 7.84. The van der Waals surface area contributed by atoms with Crippen LogP contribution < -0.4 is 0 Å². The number of ether oxygens (including phenoxy) is 1. The Labute approximate surface area is 114 Å². The molecule has 1 aromatic carbocycles. The average Bonchev–Trinajstić information content (AvgIpc) is 2.26. The standard InChI is InChI=1S/C10H10O5.Na.H/c11-4-5-15-10(14)8-3-1-2-7(6-8)9(12)13;;/h1-3,6,11H,4-5H2,(H,12,13);;. The number of carboxylic acid groups (broad SMARTS) is 1. The molecule has 0 aliphatic rings. The van der Waals surface area contributed by atoms with Crippen LogP contribution >= 0.6 is 0 Å². The molecule has 0 fully saturated rings. The van der Waals surface area contributed by atoms with Gasteiger partial charge in [0.15, 0.2) is 0 Å². The number of aliphatic hydroxyl groups is 1. The number of carbonyl (C=O) groups excluding carboxylic acids is 1. The van der Waals surface area contributed by atoms with Gasteiger partial charge in [0.2, 0.25) is 0 Å². The molecule has 0 aliphatic heterocycles. The van der Waals surface area contributed by atoms with Gasteiger partial charge >= 0.3 is 41.5 Å². The van der Waals surface area contributed by atoms with Crippen molar-refractivity contribution >= 4 is 41.5 Å². The van der Waals surface area contributed by atoms with E-state index in [-0.39, 0.29) is 53.9 Å². The SMILES string of the molecule is O=C(O)c1cccc(C(=O)OCCO)c1.[NaH]. The van der Waals surface area contributed by atoms with Gasteiger partial charge in [-0.05, 0) is 18.2 Å². The van der Waals surface area contributed by atoms with Crippen LogP contribution in [0.2, 0.25) is 0 Å². The third-order valence-electron chi connectivity index (χ3n) is 1.67. The minimum absolute atomic E-state index is 0. The van der Waals surface area contributed by atoms with Gasteiger partial charge < -0.3 is 14.9 Å². The van der Waals surface area contributed by atoms with E-state index in [0.29, 0.717) is 0 Å². The van der Waals surface area contributed by atoms with E-state index in [1.807, 2.05) is 0 Å². The number of benzene rings is 1. The molecule has 6 heteroatoms. The van der Waals surface area contributed by atoms with Crippen molar-refractivity contribution < 1.29 is 24.5 Å². The van der Waals surface area contributed by atoms with Crippen molar-refractivity contribution in [3.05, 3.63) is 35.4 Å². The molecule has 0 saturated heterocycles. The second-order valence-electron chi connectivity index (χ2n) is 2.75. The Balaban J connectivity index is 0.00000225. The first-order valence-electron chi connectivity index (χ1n) is 4.26. The molecule has 5 nitrogen and oxygen atoms in total. The topological polar surface area (TPSA) is 83.8 Å². The summed E-state index contributed by atoms with van der Waals surface area (Å²) in [4.78, 5) is 21.8. The molecule has 0 radical (unpaired) electrons. The summed E-state index contributed by atoms with van der Waals surface area (Å²) in [5.74, 6) is -1.75. The van der Waals surface area contributed by atoms with Crippen LogP contribution in [0.1, 0.15) is 20.7 Å². The fourth-order valence-corrected chi connectivity index (χ4v) is 1.00. The van der Waals surface area contributed by atoms with E-state index >= 15 is 0 Å². The van der Waals surface area contributed by atoms with Crippen molar-refractivity contribution in [2.24, 2.45) is 0 Å². The van der Waals surface area contributed by atoms with Crippen LogP contribution in [-0.4, -0.2) is 64.9 Å². The second-order valence-corrected chi connectivity index (χ2v) is 2.75. The summed E-state index contributed by atoms with van der Waals surface area (Å²) in [7, 11) is 0. The molecule has 16 heavy (non-hydrogen) atoms. The molecular formula is C10H11NaO5. The van der Waals surface area contributed by atoms with Gasteiger partial charge in [0.25, 0.3) is 0 Å². The molecule has 0 aliphatic carbocycles. The number of aromatic carboxylic acids is 1. The zero-order valence-electron chi connectivity index (χ0n) is 7.84. The molecule has 2 N–H and O–H groups in total. The number of hydrogen-bond acceptors (Lipinski definition) is 4. The van der Waals surface area contributed by atoms with Crippen molar-refractivity contribution in [3.8, 4) is 0 Å². The summed E-state index contributed by atoms with van der Waals surface area (Å²) >= 11 is 0. The van der Waals surface area contributed by atoms with Gasteiger partial charge in [0.1, 0.15) is 6.61 Å². The third-order valence-corrected chi connectivity index (χ3v) is 1.67. The average molecular weight is 234 g/mol. The van der Waals surface area contributed by atoms with E-state index in [1.165, 1.54) is 24.3 Å². The van der Waals surface area contributed by atoms with Crippen molar-refractivity contribution in [2.45, 2.75) is 0 Å². The van der Waals surface area contributed by atoms with E-state index in [0.717, 1.165) is 0 Å². The summed E-state index contributed by atoms with van der Waals surface area (Å²) in [5, 5.41) is 17.1. The van der Waals surface area contributed by atoms with Crippen LogP contribution in [0, 0.1) is 0 Å². The van der Waals surface area contributed by atoms with Crippen molar-refractivity contribution in [1.82, 2.24) is 0 Å². The molecule has 0 heterocycles. The molecule has 0 unspecified atom stereocenters. The predicted octanol–water partition coefficient (Wildman–Crippen LogP) is -0.115. The summed E-state index contributed by atoms with van der Waals surface area (Å²) in [6, 6.07) is 5.51. The first-order chi connectivity index (χ1) is 7.15. The first kappa shape index (κ1) is 15.1. The number of esters is 1. The monoisotopic (exact) mass is 234 g/mol. The predicted molar refractivity (Wildman–Crippen MR) is 57.9 cm³/mol. The molecule has 0 atom stereocenters. The van der Waals surface area contributed by atoms with Gasteiger partial charge in [0, 0.05) is 0 Å². The fourth-order valence-electron chi connectivity index (χ4n) is 1.00. The summed E-state index contributed by atoms with van der Waals surface area (Å²) in [6.07, 6.45) is 0. The molecule has 1 rings (SSSR count). The maximum absolute atomic E-state index is 11.3. The van der Waals surface area contributed by atoms with Crippen LogP contribution in [0.25, 0.3) is 0 Å². The molecule has 0 amide bonds. The van der Waals surface area contributed by atoms with Crippen LogP contribution in [0.3, 0.4) is 0 Å². The van der Waals surface area contributed by atoms with Gasteiger partial charge in [-0.3, -0.25) is 0 Å². The Kier molecular flexibility index (Phi) is 7.00. The quantitative estimate of drug-likeness (QED) is 0.560. The Hall–Kier alpha value is -0.880. The van der Waals surface area contributed by atoms with E-state index in [9.17, 15) is 9.59 Å². The Morgan fingerprint density at radius 3 is 2.44 bits per heavy atom. The molecule has 0 spiro atoms. The number of aliphatic hydroxyl groups excluding tert-OH is 1. The van der Waals surface area contributed by atoms with Gasteiger partial charge in [-0.1, -0.05) is 6.07 Å². The van der Waals surface area contributed by atoms with Crippen LogP contribution in [0.15, 0.2) is 24.3 Å². The van der Waals surface area contributed by atoms with Crippen molar-refractivity contribution in [3.63, 3.8) is 0 Å². The Morgan fingerprint density at radius 1 is 1.25 bits per heavy atom. The van der Waals surface area contributed by atoms with Crippen LogP contribution in [0.4, 0.5) is 0 Å². The maximum atomic E-state index is 11.3. The summed E-state index contributed by atoms with van der Waals surface area (Å²) in [5.41, 5.74) is 0.178. The molecule has 82 valence electrons. The summed E-state index contributed by atoms with van der Waals surface area (Å²) < 4.78 is 4.63. The van der Waals surface area contributed by atoms with Crippen LogP contribution in [0.5, 0.6) is 0 Å². The van der Waals surface area contributed by atoms with Crippen molar-refractivity contribution in [2.75, 3.05) is 13.2 Å². The third kappa shape index (κ3) is 4.32. The van der Waals surface area contributed by atoms with Crippen LogP contribution in [-0.2, 0) is 4.74 Å². The number of carboxylic acids is 1. The second kappa shape index (κ2) is 7.40. The molecule has 0 aromatic heterocycles. The molecule has 1 aromatic rings. The Bertz CT molecular complexity index is 377. The van der Waals surface area contributed by atoms with E-state index < -0.39 is 11.9 Å². The van der Waals surface area contributed by atoms with Crippen molar-refractivity contribution in [1.29, 1.82) is 0 Å². The molecular weight excluding hydrogens is 223 g/mol. The number of hydrogen-bond donors (Lipinski definition) is 2. The summed E-state index contributed by atoms with van der Waals surface area (Å²) in [6.45, 7) is -0.361. The van der Waals surface area contributed by atoms with E-state index in [4.69, 9.17) is 10.2 Å². The Morgan fingerprint density at radius 2 is 1.88 bits per heavy atom. The van der Waals surface area contributed by atoms with Gasteiger partial charge in [-0.15, -0.1) is 0 Å². The molecule has 0 saturated carbocycles. The number of carbonyl (C=O) groups is 2. The molecule has 0 bridgehead atoms. The van der Waals surface area contributed by atoms with Gasteiger partial charge in [0.05, 0.1) is 17.7 Å². The number of rotatable bonds is 4. The van der Waals surface area contributed by atoms with Gasteiger partial charge in [-0.2, -0.15) is 0 Å². The normalized spacial score (nSPS) is 9.06. The fraction of sp³-hybridized carbons (Fsp3) is 0.200. The van der Waals surface area contributed by atoms with E-state index in [1.54, 1.807) is 0 Å². The van der Waals surface area contributed by atoms with Gasteiger partial charge in [-0.25, -0.2) is 9.59 Å². The van der Waals surface area contributed by atoms with E-state index in [2.05, 4.69) is 4.74 Å². The minimum atomic E-state index is -1.10. The zero-order chi connectivity index (χ0) is 11.3. The first-order valence-corrected chi connectivity index (χ1v) is 4.26.